The van der Waals surface area contributed by atoms with Crippen molar-refractivity contribution in [3.8, 4) is 10.9 Å². The molecule has 3 aromatic rings. The summed E-state index contributed by atoms with van der Waals surface area (Å²) in [7, 11) is 0. The molecule has 0 bridgehead atoms. The van der Waals surface area contributed by atoms with Crippen LogP contribution in [0.25, 0.3) is 10.2 Å². The second-order valence-electron chi connectivity index (χ2n) is 6.82. The van der Waals surface area contributed by atoms with Crippen molar-refractivity contribution in [2.45, 2.75) is 25.9 Å². The lowest BCUT2D eigenvalue weighted by molar-refractivity contribution is -0.135. The van der Waals surface area contributed by atoms with Gasteiger partial charge >= 0.3 is 0 Å². The molecule has 1 saturated heterocycles. The topological polar surface area (TPSA) is 51.7 Å². The van der Waals surface area contributed by atoms with Gasteiger partial charge < -0.3 is 14.4 Å². The van der Waals surface area contributed by atoms with E-state index in [9.17, 15) is 9.18 Å². The number of para-hydroxylation sites is 2. The highest BCUT2D eigenvalue weighted by Gasteiger charge is 2.25. The number of fused-ring (bicyclic) bond motifs is 1. The minimum Gasteiger partial charge on any atom is -0.484 e. The fraction of sp³-hybridized carbons (Fsp3) is 0.333. The first-order valence-electron chi connectivity index (χ1n) is 9.28. The third-order valence-electron chi connectivity index (χ3n) is 4.86. The summed E-state index contributed by atoms with van der Waals surface area (Å²) in [6.07, 6.45) is 1.41. The number of nitrogens with zero attached hydrogens (tertiary/aromatic N) is 2. The van der Waals surface area contributed by atoms with Gasteiger partial charge in [0.05, 0.1) is 4.70 Å². The Morgan fingerprint density at radius 1 is 1.21 bits per heavy atom. The van der Waals surface area contributed by atoms with Crippen molar-refractivity contribution in [2.75, 3.05) is 19.7 Å². The predicted molar refractivity (Wildman–Crippen MR) is 106 cm³/mol. The molecule has 5 nitrogen and oxygen atoms in total. The van der Waals surface area contributed by atoms with Crippen LogP contribution in [0.3, 0.4) is 0 Å². The highest BCUT2D eigenvalue weighted by atomic mass is 32.1. The Bertz CT molecular complexity index is 983. The number of amides is 1. The molecule has 1 aromatic heterocycles. The second-order valence-corrected chi connectivity index (χ2v) is 7.81. The first-order valence-corrected chi connectivity index (χ1v) is 10.1. The molecule has 0 aliphatic carbocycles. The Balaban J connectivity index is 1.28. The number of ether oxygens (including phenoxy) is 2. The molecule has 1 amide bonds. The van der Waals surface area contributed by atoms with E-state index in [4.69, 9.17) is 9.47 Å². The van der Waals surface area contributed by atoms with Crippen LogP contribution in [0.2, 0.25) is 0 Å². The van der Waals surface area contributed by atoms with Gasteiger partial charge in [-0.15, -0.1) is 0 Å². The maximum Gasteiger partial charge on any atom is 0.274 e. The Kier molecular flexibility index (Phi) is 5.43. The zero-order valence-corrected chi connectivity index (χ0v) is 16.4. The minimum absolute atomic E-state index is 0.0232. The summed E-state index contributed by atoms with van der Waals surface area (Å²) >= 11 is 1.35. The highest BCUT2D eigenvalue weighted by molar-refractivity contribution is 7.20. The van der Waals surface area contributed by atoms with Gasteiger partial charge in [0.15, 0.2) is 6.61 Å². The number of halogens is 1. The number of carbonyl (C=O) groups is 1. The van der Waals surface area contributed by atoms with Crippen LogP contribution >= 0.6 is 11.3 Å². The van der Waals surface area contributed by atoms with Gasteiger partial charge in [-0.05, 0) is 30.7 Å². The van der Waals surface area contributed by atoms with Gasteiger partial charge in [0.2, 0.25) is 0 Å². The first kappa shape index (κ1) is 18.7. The van der Waals surface area contributed by atoms with E-state index in [1.807, 2.05) is 37.3 Å². The van der Waals surface area contributed by atoms with Crippen molar-refractivity contribution in [3.63, 3.8) is 0 Å². The first-order chi connectivity index (χ1) is 13.6. The minimum atomic E-state index is -0.335. The smallest absolute Gasteiger partial charge is 0.274 e. The summed E-state index contributed by atoms with van der Waals surface area (Å²) in [5, 5.41) is 0.479. The molecule has 146 valence electrons. The molecule has 0 saturated carbocycles. The Morgan fingerprint density at radius 3 is 2.75 bits per heavy atom. The SMILES string of the molecule is Cc1ccccc1OCC(=O)N1CCC(Oc2nc3c(F)cccc3s2)CC1. The van der Waals surface area contributed by atoms with Gasteiger partial charge in [0.1, 0.15) is 23.2 Å². The number of likely N-dealkylation sites (tertiary alicyclic amines) is 1. The van der Waals surface area contributed by atoms with E-state index in [-0.39, 0.29) is 24.4 Å². The fourth-order valence-electron chi connectivity index (χ4n) is 3.26. The van der Waals surface area contributed by atoms with Crippen molar-refractivity contribution in [1.29, 1.82) is 0 Å². The Morgan fingerprint density at radius 2 is 2.00 bits per heavy atom. The molecule has 0 unspecified atom stereocenters. The third-order valence-corrected chi connectivity index (χ3v) is 5.77. The van der Waals surface area contributed by atoms with Gasteiger partial charge in [-0.25, -0.2) is 4.39 Å². The quantitative estimate of drug-likeness (QED) is 0.644. The number of hydrogen-bond donors (Lipinski definition) is 0. The molecule has 2 heterocycles. The standard InChI is InChI=1S/C21H21FN2O3S/c1-14-5-2-3-7-17(14)26-13-19(25)24-11-9-15(10-12-24)27-21-23-20-16(22)6-4-8-18(20)28-21/h2-8,15H,9-13H2,1H3. The van der Waals surface area contributed by atoms with Gasteiger partial charge in [-0.3, -0.25) is 4.79 Å². The number of carbonyl (C=O) groups excluding carboxylic acids is 1. The molecule has 0 radical (unpaired) electrons. The summed E-state index contributed by atoms with van der Waals surface area (Å²) in [5.74, 6) is 0.374. The molecule has 0 atom stereocenters. The largest absolute Gasteiger partial charge is 0.484 e. The van der Waals surface area contributed by atoms with Crippen LogP contribution in [0, 0.1) is 12.7 Å². The zero-order valence-electron chi connectivity index (χ0n) is 15.6. The summed E-state index contributed by atoms with van der Waals surface area (Å²) < 4.78 is 26.1. The molecular formula is C21H21FN2O3S. The number of aromatic nitrogens is 1. The lowest BCUT2D eigenvalue weighted by Crippen LogP contribution is -2.43. The average molecular weight is 400 g/mol. The van der Waals surface area contributed by atoms with Crippen LogP contribution in [0.15, 0.2) is 42.5 Å². The lowest BCUT2D eigenvalue weighted by atomic mass is 10.1. The summed E-state index contributed by atoms with van der Waals surface area (Å²) in [4.78, 5) is 18.5. The average Bonchev–Trinajstić information content (AvgIpc) is 3.12. The van der Waals surface area contributed by atoms with Crippen LogP contribution in [-0.4, -0.2) is 41.6 Å². The zero-order chi connectivity index (χ0) is 19.5. The van der Waals surface area contributed by atoms with Gasteiger partial charge in [-0.2, -0.15) is 4.98 Å². The van der Waals surface area contributed by atoms with Gasteiger partial charge in [0.25, 0.3) is 11.1 Å². The van der Waals surface area contributed by atoms with E-state index in [1.165, 1.54) is 17.4 Å². The molecule has 1 aliphatic heterocycles. The van der Waals surface area contributed by atoms with Crippen molar-refractivity contribution in [2.24, 2.45) is 0 Å². The molecule has 4 rings (SSSR count). The van der Waals surface area contributed by atoms with Crippen LogP contribution < -0.4 is 9.47 Å². The summed E-state index contributed by atoms with van der Waals surface area (Å²) in [6.45, 7) is 3.21. The Labute approximate surface area is 166 Å². The fourth-order valence-corrected chi connectivity index (χ4v) is 4.16. The molecular weight excluding hydrogens is 379 g/mol. The molecule has 1 aliphatic rings. The van der Waals surface area contributed by atoms with E-state index in [0.717, 1.165) is 16.0 Å². The van der Waals surface area contributed by atoms with Crippen molar-refractivity contribution >= 4 is 27.5 Å². The maximum atomic E-state index is 13.8. The monoisotopic (exact) mass is 400 g/mol. The number of piperidine rings is 1. The molecule has 7 heteroatoms. The normalized spacial score (nSPS) is 15.0. The van der Waals surface area contributed by atoms with Crippen LogP contribution in [0.1, 0.15) is 18.4 Å². The number of aryl methyl sites for hydroxylation is 1. The second kappa shape index (κ2) is 8.14. The van der Waals surface area contributed by atoms with E-state index in [2.05, 4.69) is 4.98 Å². The van der Waals surface area contributed by atoms with Gasteiger partial charge in [0, 0.05) is 25.9 Å². The molecule has 0 N–H and O–H groups in total. The number of thiazole rings is 1. The van der Waals surface area contributed by atoms with Crippen molar-refractivity contribution in [1.82, 2.24) is 9.88 Å². The third kappa shape index (κ3) is 4.09. The van der Waals surface area contributed by atoms with E-state index in [0.29, 0.717) is 36.6 Å². The van der Waals surface area contributed by atoms with E-state index in [1.54, 1.807) is 11.0 Å². The summed E-state index contributed by atoms with van der Waals surface area (Å²) in [6, 6.07) is 12.6. The molecule has 2 aromatic carbocycles. The Hall–Kier alpha value is -2.67. The van der Waals surface area contributed by atoms with Crippen LogP contribution in [0.4, 0.5) is 4.39 Å². The predicted octanol–water partition coefficient (Wildman–Crippen LogP) is 4.19. The molecule has 0 spiro atoms. The number of hydrogen-bond acceptors (Lipinski definition) is 5. The number of rotatable bonds is 5. The number of benzene rings is 2. The molecule has 28 heavy (non-hydrogen) atoms. The summed E-state index contributed by atoms with van der Waals surface area (Å²) in [5.41, 5.74) is 1.36. The maximum absolute atomic E-state index is 13.8. The van der Waals surface area contributed by atoms with Crippen molar-refractivity contribution < 1.29 is 18.7 Å². The van der Waals surface area contributed by atoms with E-state index >= 15 is 0 Å². The van der Waals surface area contributed by atoms with Crippen molar-refractivity contribution in [3.05, 3.63) is 53.8 Å². The van der Waals surface area contributed by atoms with E-state index < -0.39 is 0 Å². The van der Waals surface area contributed by atoms with Crippen LogP contribution in [0.5, 0.6) is 10.9 Å². The van der Waals surface area contributed by atoms with Crippen LogP contribution in [-0.2, 0) is 4.79 Å². The van der Waals surface area contributed by atoms with Gasteiger partial charge in [-0.1, -0.05) is 35.6 Å². The molecule has 1 fully saturated rings. The highest BCUT2D eigenvalue weighted by Crippen LogP contribution is 2.31. The lowest BCUT2D eigenvalue weighted by Gasteiger charge is -2.31.